The fourth-order valence-electron chi connectivity index (χ4n) is 1.06. The first-order valence-electron chi connectivity index (χ1n) is 4.03. The zero-order valence-corrected chi connectivity index (χ0v) is 8.07. The van der Waals surface area contributed by atoms with Crippen LogP contribution in [0.2, 0.25) is 0 Å². The van der Waals surface area contributed by atoms with E-state index < -0.39 is 0 Å². The number of methoxy groups -OCH3 is 2. The summed E-state index contributed by atoms with van der Waals surface area (Å²) in [6.45, 7) is 1.88. The zero-order valence-electron chi connectivity index (χ0n) is 8.07. The van der Waals surface area contributed by atoms with Crippen LogP contribution in [0.5, 0.6) is 11.8 Å². The molecule has 2 N–H and O–H groups in total. The topological polar surface area (TPSA) is 57.4 Å². The number of rotatable bonds is 3. The molecule has 0 bridgehead atoms. The summed E-state index contributed by atoms with van der Waals surface area (Å²) < 4.78 is 10.0. The highest BCUT2D eigenvalue weighted by Gasteiger charge is 2.09. The third-order valence-corrected chi connectivity index (χ3v) is 1.76. The van der Waals surface area contributed by atoms with Crippen molar-refractivity contribution in [3.63, 3.8) is 0 Å². The van der Waals surface area contributed by atoms with Crippen LogP contribution in [0.1, 0.15) is 18.5 Å². The van der Waals surface area contributed by atoms with Crippen LogP contribution < -0.4 is 15.2 Å². The molecule has 1 heterocycles. The largest absolute Gasteiger partial charge is 0.481 e. The summed E-state index contributed by atoms with van der Waals surface area (Å²) in [7, 11) is 3.13. The van der Waals surface area contributed by atoms with Gasteiger partial charge in [-0.2, -0.15) is 4.98 Å². The van der Waals surface area contributed by atoms with E-state index >= 15 is 0 Å². The molecule has 0 saturated heterocycles. The van der Waals surface area contributed by atoms with Crippen molar-refractivity contribution in [3.05, 3.63) is 17.7 Å². The van der Waals surface area contributed by atoms with E-state index in [0.717, 1.165) is 5.56 Å². The maximum Gasteiger partial charge on any atom is 0.221 e. The summed E-state index contributed by atoms with van der Waals surface area (Å²) in [6, 6.07) is 3.53. The molecule has 1 aromatic rings. The van der Waals surface area contributed by atoms with E-state index in [1.54, 1.807) is 20.3 Å². The number of nitrogens with zero attached hydrogens (tertiary/aromatic N) is 1. The van der Waals surface area contributed by atoms with Crippen LogP contribution in [-0.2, 0) is 0 Å². The minimum Gasteiger partial charge on any atom is -0.481 e. The molecule has 1 atom stereocenters. The van der Waals surface area contributed by atoms with Crippen LogP contribution in [0.4, 0.5) is 0 Å². The average Bonchev–Trinajstić information content (AvgIpc) is 2.16. The van der Waals surface area contributed by atoms with E-state index in [-0.39, 0.29) is 6.04 Å². The molecule has 0 aliphatic heterocycles. The van der Waals surface area contributed by atoms with E-state index in [4.69, 9.17) is 15.2 Å². The molecular weight excluding hydrogens is 168 g/mol. The van der Waals surface area contributed by atoms with E-state index in [0.29, 0.717) is 11.8 Å². The minimum atomic E-state index is -0.0895. The van der Waals surface area contributed by atoms with Gasteiger partial charge in [0.25, 0.3) is 0 Å². The number of pyridine rings is 1. The Morgan fingerprint density at radius 2 is 2.00 bits per heavy atom. The first kappa shape index (κ1) is 9.80. The standard InChI is InChI=1S/C9H14N2O2/c1-6(10)7-4-5-8(12-2)11-9(7)13-3/h4-6H,10H2,1-3H3. The average molecular weight is 182 g/mol. The predicted molar refractivity (Wildman–Crippen MR) is 49.9 cm³/mol. The highest BCUT2D eigenvalue weighted by atomic mass is 16.5. The first-order valence-corrected chi connectivity index (χ1v) is 4.03. The second-order valence-corrected chi connectivity index (χ2v) is 2.74. The normalized spacial score (nSPS) is 12.3. The zero-order chi connectivity index (χ0) is 9.84. The molecule has 0 aliphatic rings. The van der Waals surface area contributed by atoms with Crippen LogP contribution in [0.15, 0.2) is 12.1 Å². The van der Waals surface area contributed by atoms with E-state index in [1.807, 2.05) is 13.0 Å². The molecule has 72 valence electrons. The van der Waals surface area contributed by atoms with Crippen molar-refractivity contribution in [2.75, 3.05) is 14.2 Å². The molecule has 0 amide bonds. The fourth-order valence-corrected chi connectivity index (χ4v) is 1.06. The molecule has 13 heavy (non-hydrogen) atoms. The molecule has 0 aliphatic carbocycles. The van der Waals surface area contributed by atoms with Gasteiger partial charge in [0.2, 0.25) is 11.8 Å². The number of hydrogen-bond donors (Lipinski definition) is 1. The quantitative estimate of drug-likeness (QED) is 0.761. The Morgan fingerprint density at radius 1 is 1.31 bits per heavy atom. The molecule has 0 radical (unpaired) electrons. The second-order valence-electron chi connectivity index (χ2n) is 2.74. The molecule has 1 aromatic heterocycles. The molecule has 4 heteroatoms. The van der Waals surface area contributed by atoms with Crippen LogP contribution in [0.3, 0.4) is 0 Å². The van der Waals surface area contributed by atoms with Gasteiger partial charge in [0, 0.05) is 17.7 Å². The first-order chi connectivity index (χ1) is 6.19. The van der Waals surface area contributed by atoms with Gasteiger partial charge in [0.1, 0.15) is 0 Å². The summed E-state index contributed by atoms with van der Waals surface area (Å²) in [4.78, 5) is 4.11. The lowest BCUT2D eigenvalue weighted by molar-refractivity contribution is 0.359. The van der Waals surface area contributed by atoms with Gasteiger partial charge in [-0.25, -0.2) is 0 Å². The van der Waals surface area contributed by atoms with Crippen molar-refractivity contribution in [2.24, 2.45) is 5.73 Å². The summed E-state index contributed by atoms with van der Waals surface area (Å²) in [5.41, 5.74) is 6.60. The SMILES string of the molecule is COc1ccc(C(C)N)c(OC)n1. The van der Waals surface area contributed by atoms with Crippen LogP contribution in [-0.4, -0.2) is 19.2 Å². The molecule has 1 rings (SSSR count). The Hall–Kier alpha value is -1.29. The predicted octanol–water partition coefficient (Wildman–Crippen LogP) is 1.12. The number of ether oxygens (including phenoxy) is 2. The Balaban J connectivity index is 3.08. The Labute approximate surface area is 77.7 Å². The Bertz CT molecular complexity index is 287. The molecule has 0 aromatic carbocycles. The van der Waals surface area contributed by atoms with E-state index in [2.05, 4.69) is 4.98 Å². The molecule has 0 spiro atoms. The Morgan fingerprint density at radius 3 is 2.46 bits per heavy atom. The van der Waals surface area contributed by atoms with Gasteiger partial charge in [-0.3, -0.25) is 0 Å². The minimum absolute atomic E-state index is 0.0895. The molecule has 4 nitrogen and oxygen atoms in total. The van der Waals surface area contributed by atoms with E-state index in [9.17, 15) is 0 Å². The molecule has 0 fully saturated rings. The van der Waals surface area contributed by atoms with Gasteiger partial charge in [0.15, 0.2) is 0 Å². The van der Waals surface area contributed by atoms with Crippen molar-refractivity contribution in [2.45, 2.75) is 13.0 Å². The van der Waals surface area contributed by atoms with Gasteiger partial charge in [-0.1, -0.05) is 0 Å². The van der Waals surface area contributed by atoms with Gasteiger partial charge in [0.05, 0.1) is 14.2 Å². The summed E-state index contributed by atoms with van der Waals surface area (Å²) in [5, 5.41) is 0. The second kappa shape index (κ2) is 4.09. The van der Waals surface area contributed by atoms with Crippen molar-refractivity contribution < 1.29 is 9.47 Å². The van der Waals surface area contributed by atoms with Gasteiger partial charge in [-0.15, -0.1) is 0 Å². The van der Waals surface area contributed by atoms with Crippen LogP contribution in [0, 0.1) is 0 Å². The number of hydrogen-bond acceptors (Lipinski definition) is 4. The number of aromatic nitrogens is 1. The van der Waals surface area contributed by atoms with Crippen molar-refractivity contribution in [1.82, 2.24) is 4.98 Å². The summed E-state index contributed by atoms with van der Waals surface area (Å²) in [5.74, 6) is 1.05. The van der Waals surface area contributed by atoms with Crippen LogP contribution >= 0.6 is 0 Å². The summed E-state index contributed by atoms with van der Waals surface area (Å²) in [6.07, 6.45) is 0. The van der Waals surface area contributed by atoms with E-state index in [1.165, 1.54) is 0 Å². The van der Waals surface area contributed by atoms with Crippen molar-refractivity contribution in [3.8, 4) is 11.8 Å². The van der Waals surface area contributed by atoms with Crippen LogP contribution in [0.25, 0.3) is 0 Å². The molecule has 1 unspecified atom stereocenters. The van der Waals surface area contributed by atoms with Crippen molar-refractivity contribution >= 4 is 0 Å². The summed E-state index contributed by atoms with van der Waals surface area (Å²) >= 11 is 0. The monoisotopic (exact) mass is 182 g/mol. The highest BCUT2D eigenvalue weighted by molar-refractivity contribution is 5.32. The smallest absolute Gasteiger partial charge is 0.221 e. The molecule has 0 saturated carbocycles. The molecular formula is C9H14N2O2. The number of nitrogens with two attached hydrogens (primary N) is 1. The third-order valence-electron chi connectivity index (χ3n) is 1.76. The van der Waals surface area contributed by atoms with Gasteiger partial charge < -0.3 is 15.2 Å². The Kier molecular flexibility index (Phi) is 3.08. The highest BCUT2D eigenvalue weighted by Crippen LogP contribution is 2.23. The maximum atomic E-state index is 5.72. The lowest BCUT2D eigenvalue weighted by Gasteiger charge is -2.11. The fraction of sp³-hybridized carbons (Fsp3) is 0.444. The maximum absolute atomic E-state index is 5.72. The van der Waals surface area contributed by atoms with Crippen molar-refractivity contribution in [1.29, 1.82) is 0 Å². The third kappa shape index (κ3) is 2.09. The lowest BCUT2D eigenvalue weighted by atomic mass is 10.1. The van der Waals surface area contributed by atoms with Gasteiger partial charge >= 0.3 is 0 Å². The lowest BCUT2D eigenvalue weighted by Crippen LogP contribution is -2.08. The van der Waals surface area contributed by atoms with Gasteiger partial charge in [-0.05, 0) is 13.0 Å².